The molecule has 0 saturated carbocycles. The van der Waals surface area contributed by atoms with Gasteiger partial charge in [-0.1, -0.05) is 18.2 Å². The van der Waals surface area contributed by atoms with Crippen LogP contribution in [0, 0.1) is 13.8 Å². The van der Waals surface area contributed by atoms with E-state index in [0.717, 1.165) is 11.3 Å². The predicted octanol–water partition coefficient (Wildman–Crippen LogP) is 2.96. The van der Waals surface area contributed by atoms with Gasteiger partial charge in [-0.15, -0.1) is 0 Å². The summed E-state index contributed by atoms with van der Waals surface area (Å²) in [7, 11) is 2.04. The zero-order valence-corrected chi connectivity index (χ0v) is 12.7. The smallest absolute Gasteiger partial charge is 0.191 e. The molecule has 2 N–H and O–H groups in total. The van der Waals surface area contributed by atoms with E-state index >= 15 is 0 Å². The maximum atomic E-state index is 5.17. The van der Waals surface area contributed by atoms with Crippen LogP contribution in [0.1, 0.15) is 17.0 Å². The number of rotatable bonds is 3. The standard InChI is InChI=1S/C15H18N4S/c1-11-9-13(12(2)19(11)3)10-16-18-15(20)17-14-7-5-4-6-8-14/h4-10H,1-3H3,(H2,17,18,20)/b16-10+. The van der Waals surface area contributed by atoms with Crippen LogP contribution in [0.25, 0.3) is 0 Å². The third-order valence-electron chi connectivity index (χ3n) is 3.22. The summed E-state index contributed by atoms with van der Waals surface area (Å²) in [5.74, 6) is 0. The summed E-state index contributed by atoms with van der Waals surface area (Å²) in [4.78, 5) is 0. The highest BCUT2D eigenvalue weighted by atomic mass is 32.1. The van der Waals surface area contributed by atoms with E-state index in [1.807, 2.05) is 37.4 Å². The molecule has 0 aliphatic rings. The minimum atomic E-state index is 0.470. The maximum Gasteiger partial charge on any atom is 0.191 e. The molecule has 4 nitrogen and oxygen atoms in total. The van der Waals surface area contributed by atoms with Crippen molar-refractivity contribution in [3.05, 3.63) is 53.3 Å². The van der Waals surface area contributed by atoms with Crippen molar-refractivity contribution in [2.24, 2.45) is 12.1 Å². The Labute approximate surface area is 124 Å². The van der Waals surface area contributed by atoms with Crippen molar-refractivity contribution in [3.8, 4) is 0 Å². The molecule has 20 heavy (non-hydrogen) atoms. The second-order valence-corrected chi connectivity index (χ2v) is 4.98. The Hall–Kier alpha value is -2.14. The van der Waals surface area contributed by atoms with Gasteiger partial charge in [-0.05, 0) is 44.3 Å². The summed E-state index contributed by atoms with van der Waals surface area (Å²) in [5.41, 5.74) is 7.22. The Bertz CT molecular complexity index is 629. The summed E-state index contributed by atoms with van der Waals surface area (Å²) in [6.45, 7) is 4.13. The van der Waals surface area contributed by atoms with Gasteiger partial charge in [0.15, 0.2) is 5.11 Å². The highest BCUT2D eigenvalue weighted by Crippen LogP contribution is 2.10. The van der Waals surface area contributed by atoms with Crippen LogP contribution >= 0.6 is 12.2 Å². The topological polar surface area (TPSA) is 41.4 Å². The average molecular weight is 286 g/mol. The molecule has 0 unspecified atom stereocenters. The van der Waals surface area contributed by atoms with Gasteiger partial charge in [0.1, 0.15) is 0 Å². The van der Waals surface area contributed by atoms with Crippen LogP contribution in [0.3, 0.4) is 0 Å². The number of nitrogens with one attached hydrogen (secondary N) is 2. The quantitative estimate of drug-likeness (QED) is 0.518. The molecule has 0 atom stereocenters. The van der Waals surface area contributed by atoms with E-state index < -0.39 is 0 Å². The molecule has 1 heterocycles. The number of hydrogen-bond acceptors (Lipinski definition) is 2. The van der Waals surface area contributed by atoms with Crippen molar-refractivity contribution >= 4 is 29.2 Å². The molecule has 1 aromatic carbocycles. The first kappa shape index (κ1) is 14.3. The molecule has 0 spiro atoms. The first-order valence-electron chi connectivity index (χ1n) is 6.36. The van der Waals surface area contributed by atoms with Crippen molar-refractivity contribution < 1.29 is 0 Å². The number of hydrazone groups is 1. The van der Waals surface area contributed by atoms with E-state index in [0.29, 0.717) is 5.11 Å². The number of aryl methyl sites for hydroxylation is 1. The summed E-state index contributed by atoms with van der Waals surface area (Å²) >= 11 is 5.17. The Morgan fingerprint density at radius 1 is 1.25 bits per heavy atom. The lowest BCUT2D eigenvalue weighted by molar-refractivity contribution is 0.843. The number of benzene rings is 1. The average Bonchev–Trinajstić information content (AvgIpc) is 2.67. The van der Waals surface area contributed by atoms with Crippen molar-refractivity contribution in [2.45, 2.75) is 13.8 Å². The summed E-state index contributed by atoms with van der Waals surface area (Å²) in [5, 5.41) is 7.69. The van der Waals surface area contributed by atoms with E-state index in [1.54, 1.807) is 6.21 Å². The number of hydrogen-bond donors (Lipinski definition) is 2. The molecule has 0 aliphatic heterocycles. The SMILES string of the molecule is Cc1cc(/C=N/NC(=S)Nc2ccccc2)c(C)n1C. The van der Waals surface area contributed by atoms with Crippen molar-refractivity contribution in [1.82, 2.24) is 9.99 Å². The minimum absolute atomic E-state index is 0.470. The molecule has 104 valence electrons. The molecule has 0 saturated heterocycles. The molecule has 1 aromatic heterocycles. The van der Waals surface area contributed by atoms with E-state index in [-0.39, 0.29) is 0 Å². The molecule has 0 aliphatic carbocycles. The Balaban J connectivity index is 1.93. The molecule has 2 rings (SSSR count). The molecule has 0 fully saturated rings. The third kappa shape index (κ3) is 3.45. The van der Waals surface area contributed by atoms with E-state index in [4.69, 9.17) is 12.2 Å². The molecular formula is C15H18N4S. The molecule has 0 radical (unpaired) electrons. The van der Waals surface area contributed by atoms with Crippen molar-refractivity contribution in [3.63, 3.8) is 0 Å². The fourth-order valence-corrected chi connectivity index (χ4v) is 2.03. The van der Waals surface area contributed by atoms with Crippen LogP contribution < -0.4 is 10.7 Å². The van der Waals surface area contributed by atoms with Crippen LogP contribution in [0.15, 0.2) is 41.5 Å². The zero-order valence-electron chi connectivity index (χ0n) is 11.8. The summed E-state index contributed by atoms with van der Waals surface area (Å²) < 4.78 is 2.13. The number of thiocarbonyl (C=S) groups is 1. The third-order valence-corrected chi connectivity index (χ3v) is 3.41. The predicted molar refractivity (Wildman–Crippen MR) is 88.3 cm³/mol. The van der Waals surface area contributed by atoms with Gasteiger partial charge in [0.25, 0.3) is 0 Å². The Morgan fingerprint density at radius 2 is 1.95 bits per heavy atom. The van der Waals surface area contributed by atoms with E-state index in [9.17, 15) is 0 Å². The fourth-order valence-electron chi connectivity index (χ4n) is 1.86. The molecule has 2 aromatic rings. The van der Waals surface area contributed by atoms with Gasteiger partial charge < -0.3 is 9.88 Å². The van der Waals surface area contributed by atoms with Crippen LogP contribution in [0.2, 0.25) is 0 Å². The molecule has 0 bridgehead atoms. The normalized spacial score (nSPS) is 10.8. The number of nitrogens with zero attached hydrogens (tertiary/aromatic N) is 2. The molecule has 5 heteroatoms. The van der Waals surface area contributed by atoms with E-state index in [1.165, 1.54) is 11.4 Å². The Kier molecular flexibility index (Phi) is 4.53. The van der Waals surface area contributed by atoms with Gasteiger partial charge in [0, 0.05) is 29.7 Å². The molecule has 0 amide bonds. The number of anilines is 1. The maximum absolute atomic E-state index is 5.17. The van der Waals surface area contributed by atoms with Gasteiger partial charge in [0.05, 0.1) is 6.21 Å². The lowest BCUT2D eigenvalue weighted by Gasteiger charge is -2.06. The second-order valence-electron chi connectivity index (χ2n) is 4.58. The minimum Gasteiger partial charge on any atom is -0.352 e. The van der Waals surface area contributed by atoms with Gasteiger partial charge in [-0.2, -0.15) is 5.10 Å². The summed E-state index contributed by atoms with van der Waals surface area (Å²) in [6.07, 6.45) is 1.78. The number of aromatic nitrogens is 1. The zero-order chi connectivity index (χ0) is 14.5. The summed E-state index contributed by atoms with van der Waals surface area (Å²) in [6, 6.07) is 11.8. The van der Waals surface area contributed by atoms with Crippen LogP contribution in [-0.2, 0) is 7.05 Å². The monoisotopic (exact) mass is 286 g/mol. The van der Waals surface area contributed by atoms with Gasteiger partial charge in [0.2, 0.25) is 0 Å². The van der Waals surface area contributed by atoms with Gasteiger partial charge in [-0.3, -0.25) is 5.43 Å². The van der Waals surface area contributed by atoms with Crippen LogP contribution in [0.5, 0.6) is 0 Å². The highest BCUT2D eigenvalue weighted by molar-refractivity contribution is 7.80. The fraction of sp³-hybridized carbons (Fsp3) is 0.200. The Morgan fingerprint density at radius 3 is 2.55 bits per heavy atom. The van der Waals surface area contributed by atoms with Gasteiger partial charge >= 0.3 is 0 Å². The van der Waals surface area contributed by atoms with Gasteiger partial charge in [-0.25, -0.2) is 0 Å². The lowest BCUT2D eigenvalue weighted by Crippen LogP contribution is -2.23. The molecular weight excluding hydrogens is 268 g/mol. The van der Waals surface area contributed by atoms with Crippen molar-refractivity contribution in [2.75, 3.05) is 5.32 Å². The first-order chi connectivity index (χ1) is 9.58. The van der Waals surface area contributed by atoms with Crippen molar-refractivity contribution in [1.29, 1.82) is 0 Å². The largest absolute Gasteiger partial charge is 0.352 e. The highest BCUT2D eigenvalue weighted by Gasteiger charge is 2.03. The number of para-hydroxylation sites is 1. The lowest BCUT2D eigenvalue weighted by atomic mass is 10.3. The van der Waals surface area contributed by atoms with E-state index in [2.05, 4.69) is 40.3 Å². The van der Waals surface area contributed by atoms with Crippen LogP contribution in [0.4, 0.5) is 5.69 Å². The first-order valence-corrected chi connectivity index (χ1v) is 6.77. The second kappa shape index (κ2) is 6.34. The van der Waals surface area contributed by atoms with Crippen LogP contribution in [-0.4, -0.2) is 15.9 Å².